The predicted molar refractivity (Wildman–Crippen MR) is 58.0 cm³/mol. The summed E-state index contributed by atoms with van der Waals surface area (Å²) >= 11 is 0. The average molecular weight is 223 g/mol. The molecule has 0 aliphatic rings. The van der Waals surface area contributed by atoms with E-state index in [2.05, 4.69) is 10.4 Å². The van der Waals surface area contributed by atoms with E-state index in [-0.39, 0.29) is 0 Å². The van der Waals surface area contributed by atoms with E-state index >= 15 is 0 Å². The van der Waals surface area contributed by atoms with Crippen molar-refractivity contribution in [3.05, 3.63) is 24.0 Å². The van der Waals surface area contributed by atoms with Crippen LogP contribution in [0.25, 0.3) is 0 Å². The van der Waals surface area contributed by atoms with E-state index in [0.29, 0.717) is 17.9 Å². The van der Waals surface area contributed by atoms with Gasteiger partial charge in [0, 0.05) is 24.9 Å². The number of hydrogen-bond acceptors (Lipinski definition) is 3. The minimum Gasteiger partial charge on any atom is -0.478 e. The SMILES string of the molecule is CCn1cc(NC(=O)C=CC(=O)O)c(C)n1. The van der Waals surface area contributed by atoms with Crippen molar-refractivity contribution in [2.45, 2.75) is 20.4 Å². The molecular formula is C10H13N3O3. The summed E-state index contributed by atoms with van der Waals surface area (Å²) in [5, 5.41) is 15.0. The number of nitrogens with zero attached hydrogens (tertiary/aromatic N) is 2. The van der Waals surface area contributed by atoms with E-state index in [1.807, 2.05) is 6.92 Å². The Morgan fingerprint density at radius 3 is 2.75 bits per heavy atom. The number of carboxylic acids is 1. The lowest BCUT2D eigenvalue weighted by Crippen LogP contribution is -2.08. The fourth-order valence-corrected chi connectivity index (χ4v) is 1.12. The molecule has 0 unspecified atom stereocenters. The van der Waals surface area contributed by atoms with Crippen molar-refractivity contribution < 1.29 is 14.7 Å². The third-order valence-electron chi connectivity index (χ3n) is 1.91. The first-order valence-electron chi connectivity index (χ1n) is 4.79. The van der Waals surface area contributed by atoms with E-state index < -0.39 is 11.9 Å². The third kappa shape index (κ3) is 3.23. The Kier molecular flexibility index (Phi) is 3.82. The number of nitrogens with one attached hydrogen (secondary N) is 1. The Hall–Kier alpha value is -2.11. The van der Waals surface area contributed by atoms with Gasteiger partial charge in [0.25, 0.3) is 0 Å². The molecule has 1 rings (SSSR count). The fourth-order valence-electron chi connectivity index (χ4n) is 1.12. The van der Waals surface area contributed by atoms with Crippen molar-refractivity contribution in [2.24, 2.45) is 0 Å². The molecule has 0 spiro atoms. The van der Waals surface area contributed by atoms with Crippen molar-refractivity contribution >= 4 is 17.6 Å². The number of amides is 1. The van der Waals surface area contributed by atoms with Crippen LogP contribution in [0.15, 0.2) is 18.3 Å². The van der Waals surface area contributed by atoms with Gasteiger partial charge in [0.15, 0.2) is 0 Å². The van der Waals surface area contributed by atoms with Crippen LogP contribution >= 0.6 is 0 Å². The second-order valence-electron chi connectivity index (χ2n) is 3.14. The minimum atomic E-state index is -1.16. The molecule has 0 aromatic carbocycles. The second-order valence-corrected chi connectivity index (χ2v) is 3.14. The number of carboxylic acid groups (broad SMARTS) is 1. The number of anilines is 1. The summed E-state index contributed by atoms with van der Waals surface area (Å²) in [5.74, 6) is -1.64. The zero-order valence-corrected chi connectivity index (χ0v) is 9.10. The predicted octanol–water partition coefficient (Wildman–Crippen LogP) is 0.791. The van der Waals surface area contributed by atoms with Crippen molar-refractivity contribution in [2.75, 3.05) is 5.32 Å². The van der Waals surface area contributed by atoms with Crippen LogP contribution in [-0.2, 0) is 16.1 Å². The maximum atomic E-state index is 11.3. The summed E-state index contributed by atoms with van der Waals surface area (Å²) in [4.78, 5) is 21.5. The maximum absolute atomic E-state index is 11.3. The fraction of sp³-hybridized carbons (Fsp3) is 0.300. The second kappa shape index (κ2) is 5.11. The highest BCUT2D eigenvalue weighted by Crippen LogP contribution is 2.11. The van der Waals surface area contributed by atoms with E-state index in [0.717, 1.165) is 12.2 Å². The molecule has 0 fully saturated rings. The summed E-state index contributed by atoms with van der Waals surface area (Å²) in [6.45, 7) is 4.41. The molecule has 86 valence electrons. The number of rotatable bonds is 4. The molecule has 0 aliphatic heterocycles. The summed E-state index contributed by atoms with van der Waals surface area (Å²) in [6.07, 6.45) is 3.45. The van der Waals surface area contributed by atoms with Gasteiger partial charge >= 0.3 is 5.97 Å². The van der Waals surface area contributed by atoms with Crippen LogP contribution in [0.1, 0.15) is 12.6 Å². The lowest BCUT2D eigenvalue weighted by molar-refractivity contribution is -0.131. The van der Waals surface area contributed by atoms with E-state index in [9.17, 15) is 9.59 Å². The van der Waals surface area contributed by atoms with Crippen molar-refractivity contribution in [3.8, 4) is 0 Å². The molecule has 6 nitrogen and oxygen atoms in total. The summed E-state index contributed by atoms with van der Waals surface area (Å²) in [5.41, 5.74) is 1.28. The van der Waals surface area contributed by atoms with Gasteiger partial charge in [-0.2, -0.15) is 5.10 Å². The Bertz CT molecular complexity index is 435. The number of aromatic nitrogens is 2. The van der Waals surface area contributed by atoms with Crippen LogP contribution in [0.5, 0.6) is 0 Å². The van der Waals surface area contributed by atoms with Gasteiger partial charge in [-0.3, -0.25) is 9.48 Å². The molecule has 2 N–H and O–H groups in total. The van der Waals surface area contributed by atoms with Crippen LogP contribution in [0, 0.1) is 6.92 Å². The molecule has 0 saturated heterocycles. The van der Waals surface area contributed by atoms with E-state index in [1.54, 1.807) is 17.8 Å². The normalized spacial score (nSPS) is 10.6. The minimum absolute atomic E-state index is 0.485. The van der Waals surface area contributed by atoms with Crippen LogP contribution in [0.2, 0.25) is 0 Å². The van der Waals surface area contributed by atoms with Gasteiger partial charge in [0.05, 0.1) is 11.4 Å². The highest BCUT2D eigenvalue weighted by Gasteiger charge is 2.06. The van der Waals surface area contributed by atoms with Crippen LogP contribution < -0.4 is 5.32 Å². The van der Waals surface area contributed by atoms with Crippen molar-refractivity contribution in [1.29, 1.82) is 0 Å². The first-order chi connectivity index (χ1) is 7.52. The Labute approximate surface area is 92.6 Å². The molecule has 6 heteroatoms. The lowest BCUT2D eigenvalue weighted by atomic mass is 10.4. The van der Waals surface area contributed by atoms with Gasteiger partial charge in [0.2, 0.25) is 5.91 Å². The molecular weight excluding hydrogens is 210 g/mol. The molecule has 1 aromatic rings. The van der Waals surface area contributed by atoms with Gasteiger partial charge in [-0.05, 0) is 13.8 Å². The molecule has 0 saturated carbocycles. The molecule has 0 aliphatic carbocycles. The van der Waals surface area contributed by atoms with Gasteiger partial charge in [-0.25, -0.2) is 4.79 Å². The van der Waals surface area contributed by atoms with Crippen LogP contribution in [0.3, 0.4) is 0 Å². The highest BCUT2D eigenvalue weighted by molar-refractivity contribution is 6.02. The Morgan fingerprint density at radius 2 is 2.25 bits per heavy atom. The van der Waals surface area contributed by atoms with Crippen LogP contribution in [0.4, 0.5) is 5.69 Å². The molecule has 0 radical (unpaired) electrons. The standard InChI is InChI=1S/C10H13N3O3/c1-3-13-6-8(7(2)12-13)11-9(14)4-5-10(15)16/h4-6H,3H2,1-2H3,(H,11,14)(H,15,16). The summed E-state index contributed by atoms with van der Waals surface area (Å²) in [6, 6.07) is 0. The zero-order chi connectivity index (χ0) is 12.1. The first-order valence-corrected chi connectivity index (χ1v) is 4.79. The Morgan fingerprint density at radius 1 is 1.56 bits per heavy atom. The quantitative estimate of drug-likeness (QED) is 0.739. The summed E-state index contributed by atoms with van der Waals surface area (Å²) < 4.78 is 1.69. The topological polar surface area (TPSA) is 84.2 Å². The third-order valence-corrected chi connectivity index (χ3v) is 1.91. The number of carbonyl (C=O) groups is 2. The molecule has 0 atom stereocenters. The molecule has 0 bridgehead atoms. The number of hydrogen-bond donors (Lipinski definition) is 2. The highest BCUT2D eigenvalue weighted by atomic mass is 16.4. The van der Waals surface area contributed by atoms with Crippen LogP contribution in [-0.4, -0.2) is 26.8 Å². The molecule has 1 amide bonds. The van der Waals surface area contributed by atoms with Gasteiger partial charge in [0.1, 0.15) is 0 Å². The van der Waals surface area contributed by atoms with Gasteiger partial charge in [-0.1, -0.05) is 0 Å². The van der Waals surface area contributed by atoms with Crippen molar-refractivity contribution in [1.82, 2.24) is 9.78 Å². The van der Waals surface area contributed by atoms with E-state index in [1.165, 1.54) is 0 Å². The van der Waals surface area contributed by atoms with Crippen molar-refractivity contribution in [3.63, 3.8) is 0 Å². The summed E-state index contributed by atoms with van der Waals surface area (Å²) in [7, 11) is 0. The largest absolute Gasteiger partial charge is 0.478 e. The molecule has 1 heterocycles. The first kappa shape index (κ1) is 12.0. The lowest BCUT2D eigenvalue weighted by Gasteiger charge is -1.97. The Balaban J connectivity index is 2.69. The zero-order valence-electron chi connectivity index (χ0n) is 9.10. The number of carbonyl (C=O) groups excluding carboxylic acids is 1. The van der Waals surface area contributed by atoms with Gasteiger partial charge < -0.3 is 10.4 Å². The molecule has 1 aromatic heterocycles. The molecule has 16 heavy (non-hydrogen) atoms. The maximum Gasteiger partial charge on any atom is 0.328 e. The van der Waals surface area contributed by atoms with Gasteiger partial charge in [-0.15, -0.1) is 0 Å². The number of aliphatic carboxylic acids is 1. The monoisotopic (exact) mass is 223 g/mol. The average Bonchev–Trinajstić information content (AvgIpc) is 2.57. The smallest absolute Gasteiger partial charge is 0.328 e. The van der Waals surface area contributed by atoms with E-state index in [4.69, 9.17) is 5.11 Å². The number of aryl methyl sites for hydroxylation is 2.